The quantitative estimate of drug-likeness (QED) is 0.281. The van der Waals surface area contributed by atoms with E-state index in [-0.39, 0.29) is 0 Å². The molecule has 0 bridgehead atoms. The van der Waals surface area contributed by atoms with E-state index in [4.69, 9.17) is 0 Å². The van der Waals surface area contributed by atoms with Gasteiger partial charge in [0.15, 0.2) is 0 Å². The standard InChI is InChI=1S/C22H16N2S2.2C2H6/c1-3-7-17(8-4-1)23-15-19-11-13-21(25-19)22-14-12-20(26-22)16-24-18-9-5-2-6-10-18;2*1-2/h1-16H;2*1-2H3. The lowest BCUT2D eigenvalue weighted by molar-refractivity contribution is 1.50. The Balaban J connectivity index is 0.000000757. The molecule has 0 saturated heterocycles. The van der Waals surface area contributed by atoms with E-state index >= 15 is 0 Å². The summed E-state index contributed by atoms with van der Waals surface area (Å²) in [6.07, 6.45) is 3.85. The SMILES string of the molecule is C(=Nc1ccccc1)c1ccc(-c2ccc(C=Nc3ccccc3)s2)s1.CC.CC. The highest BCUT2D eigenvalue weighted by molar-refractivity contribution is 7.23. The smallest absolute Gasteiger partial charge is 0.0630 e. The first-order valence-electron chi connectivity index (χ1n) is 10.3. The zero-order valence-electron chi connectivity index (χ0n) is 17.9. The van der Waals surface area contributed by atoms with E-state index in [1.165, 1.54) is 9.75 Å². The third kappa shape index (κ3) is 7.21. The summed E-state index contributed by atoms with van der Waals surface area (Å²) in [4.78, 5) is 13.8. The van der Waals surface area contributed by atoms with E-state index in [1.807, 2.05) is 101 Å². The van der Waals surface area contributed by atoms with Crippen molar-refractivity contribution < 1.29 is 0 Å². The third-order valence-corrected chi connectivity index (χ3v) is 5.93. The summed E-state index contributed by atoms with van der Waals surface area (Å²) < 4.78 is 0. The largest absolute Gasteiger partial charge is 0.255 e. The zero-order valence-corrected chi connectivity index (χ0v) is 19.6. The second-order valence-electron chi connectivity index (χ2n) is 5.59. The molecule has 2 aromatic carbocycles. The number of thiophene rings is 2. The fourth-order valence-electron chi connectivity index (χ4n) is 2.41. The Labute approximate surface area is 188 Å². The lowest BCUT2D eigenvalue weighted by atomic mass is 10.3. The summed E-state index contributed by atoms with van der Waals surface area (Å²) in [5.41, 5.74) is 1.94. The molecular weight excluding hydrogens is 404 g/mol. The van der Waals surface area contributed by atoms with E-state index in [0.717, 1.165) is 21.1 Å². The van der Waals surface area contributed by atoms with Crippen LogP contribution in [0.3, 0.4) is 0 Å². The molecule has 0 aliphatic rings. The van der Waals surface area contributed by atoms with Crippen LogP contribution in [-0.4, -0.2) is 12.4 Å². The van der Waals surface area contributed by atoms with Crippen molar-refractivity contribution in [1.29, 1.82) is 0 Å². The average Bonchev–Trinajstić information content (AvgIpc) is 3.50. The lowest BCUT2D eigenvalue weighted by Gasteiger charge is -1.91. The van der Waals surface area contributed by atoms with Crippen molar-refractivity contribution in [1.82, 2.24) is 0 Å². The number of nitrogens with zero attached hydrogens (tertiary/aromatic N) is 2. The molecule has 2 nitrogen and oxygen atoms in total. The van der Waals surface area contributed by atoms with E-state index < -0.39 is 0 Å². The van der Waals surface area contributed by atoms with E-state index in [1.54, 1.807) is 22.7 Å². The van der Waals surface area contributed by atoms with Gasteiger partial charge in [0.2, 0.25) is 0 Å². The maximum absolute atomic E-state index is 4.52. The minimum atomic E-state index is 0.970. The Morgan fingerprint density at radius 3 is 1.23 bits per heavy atom. The summed E-state index contributed by atoms with van der Waals surface area (Å²) in [5.74, 6) is 0. The Bertz CT molecular complexity index is 943. The monoisotopic (exact) mass is 432 g/mol. The first-order valence-corrected chi connectivity index (χ1v) is 11.9. The van der Waals surface area contributed by atoms with Crippen LogP contribution in [0.15, 0.2) is 94.9 Å². The van der Waals surface area contributed by atoms with Gasteiger partial charge in [-0.2, -0.15) is 0 Å². The van der Waals surface area contributed by atoms with Crippen molar-refractivity contribution in [3.63, 3.8) is 0 Å². The van der Waals surface area contributed by atoms with Gasteiger partial charge in [-0.05, 0) is 48.5 Å². The summed E-state index contributed by atoms with van der Waals surface area (Å²) in [6.45, 7) is 8.00. The van der Waals surface area contributed by atoms with Crippen LogP contribution in [0, 0.1) is 0 Å². The van der Waals surface area contributed by atoms with Crippen LogP contribution >= 0.6 is 22.7 Å². The number of benzene rings is 2. The van der Waals surface area contributed by atoms with Crippen LogP contribution < -0.4 is 0 Å². The number of hydrogen-bond donors (Lipinski definition) is 0. The molecule has 30 heavy (non-hydrogen) atoms. The molecule has 2 heterocycles. The predicted molar refractivity (Wildman–Crippen MR) is 138 cm³/mol. The summed E-state index contributed by atoms with van der Waals surface area (Å²) in [6, 6.07) is 28.5. The van der Waals surface area contributed by atoms with Crippen molar-refractivity contribution in [2.75, 3.05) is 0 Å². The van der Waals surface area contributed by atoms with Gasteiger partial charge in [-0.1, -0.05) is 64.1 Å². The third-order valence-electron chi connectivity index (χ3n) is 3.69. The normalized spacial score (nSPS) is 10.4. The van der Waals surface area contributed by atoms with Crippen molar-refractivity contribution in [3.8, 4) is 9.75 Å². The molecule has 154 valence electrons. The van der Waals surface area contributed by atoms with Crippen molar-refractivity contribution >= 4 is 46.5 Å². The molecule has 0 aliphatic carbocycles. The number of aliphatic imine (C=N–C) groups is 2. The second kappa shape index (κ2) is 13.4. The van der Waals surface area contributed by atoms with Crippen LogP contribution in [0.4, 0.5) is 11.4 Å². The Kier molecular flexibility index (Phi) is 10.5. The molecule has 0 radical (unpaired) electrons. The Hall–Kier alpha value is -2.82. The van der Waals surface area contributed by atoms with Crippen LogP contribution in [0.5, 0.6) is 0 Å². The van der Waals surface area contributed by atoms with E-state index in [9.17, 15) is 0 Å². The number of para-hydroxylation sites is 2. The molecule has 0 fully saturated rings. The first-order chi connectivity index (χ1) is 14.9. The molecule has 0 spiro atoms. The Morgan fingerprint density at radius 2 is 0.867 bits per heavy atom. The zero-order chi connectivity index (χ0) is 21.6. The molecule has 4 rings (SSSR count). The molecule has 4 aromatic rings. The van der Waals surface area contributed by atoms with Crippen molar-refractivity contribution in [2.24, 2.45) is 9.98 Å². The lowest BCUT2D eigenvalue weighted by Crippen LogP contribution is -1.70. The molecule has 0 amide bonds. The molecular formula is C26H28N2S2. The maximum Gasteiger partial charge on any atom is 0.0630 e. The molecule has 0 atom stereocenters. The van der Waals surface area contributed by atoms with E-state index in [2.05, 4.69) is 34.3 Å². The molecule has 2 aromatic heterocycles. The fourth-order valence-corrected chi connectivity index (χ4v) is 4.26. The molecule has 0 N–H and O–H groups in total. The highest BCUT2D eigenvalue weighted by atomic mass is 32.1. The molecule has 0 unspecified atom stereocenters. The van der Waals surface area contributed by atoms with Crippen LogP contribution in [0.25, 0.3) is 9.75 Å². The highest BCUT2D eigenvalue weighted by Crippen LogP contribution is 2.33. The van der Waals surface area contributed by atoms with Gasteiger partial charge in [-0.15, -0.1) is 22.7 Å². The van der Waals surface area contributed by atoms with Gasteiger partial charge in [-0.25, -0.2) is 0 Å². The van der Waals surface area contributed by atoms with Gasteiger partial charge < -0.3 is 0 Å². The molecule has 0 aliphatic heterocycles. The summed E-state index contributed by atoms with van der Waals surface area (Å²) in [5, 5.41) is 0. The molecule has 4 heteroatoms. The van der Waals surface area contributed by atoms with Gasteiger partial charge in [0.05, 0.1) is 11.4 Å². The Morgan fingerprint density at radius 1 is 0.500 bits per heavy atom. The van der Waals surface area contributed by atoms with Crippen molar-refractivity contribution in [3.05, 3.63) is 94.7 Å². The highest BCUT2D eigenvalue weighted by Gasteiger charge is 2.05. The number of hydrogen-bond acceptors (Lipinski definition) is 4. The van der Waals surface area contributed by atoms with Gasteiger partial charge in [0.1, 0.15) is 0 Å². The fraction of sp³-hybridized carbons (Fsp3) is 0.154. The molecule has 0 saturated carbocycles. The summed E-state index contributed by atoms with van der Waals surface area (Å²) >= 11 is 3.50. The topological polar surface area (TPSA) is 24.7 Å². The minimum Gasteiger partial charge on any atom is -0.255 e. The van der Waals surface area contributed by atoms with Gasteiger partial charge in [0, 0.05) is 31.9 Å². The van der Waals surface area contributed by atoms with Crippen molar-refractivity contribution in [2.45, 2.75) is 27.7 Å². The minimum absolute atomic E-state index is 0.970. The summed E-state index contributed by atoms with van der Waals surface area (Å²) in [7, 11) is 0. The van der Waals surface area contributed by atoms with Gasteiger partial charge in [0.25, 0.3) is 0 Å². The van der Waals surface area contributed by atoms with Gasteiger partial charge >= 0.3 is 0 Å². The van der Waals surface area contributed by atoms with Crippen LogP contribution in [0.1, 0.15) is 37.4 Å². The van der Waals surface area contributed by atoms with Gasteiger partial charge in [-0.3, -0.25) is 9.98 Å². The first kappa shape index (κ1) is 23.5. The van der Waals surface area contributed by atoms with E-state index in [0.29, 0.717) is 0 Å². The average molecular weight is 433 g/mol. The van der Waals surface area contributed by atoms with Crippen LogP contribution in [-0.2, 0) is 0 Å². The predicted octanol–water partition coefficient (Wildman–Crippen LogP) is 9.03. The maximum atomic E-state index is 4.52. The number of rotatable bonds is 5. The second-order valence-corrected chi connectivity index (χ2v) is 7.82. The van der Waals surface area contributed by atoms with Crippen LogP contribution in [0.2, 0.25) is 0 Å².